The molecule has 0 unspecified atom stereocenters. The predicted molar refractivity (Wildman–Crippen MR) is 92.0 cm³/mol. The standard InChI is InChI=1S/C19H21N3O2/c1-13(2)22-17(14-9-5-3-6-10-14)16(19(24)21-22)20-18(23)15-11-7-4-8-12-15/h3-13,16-17H,1-2H3,(H,20,23)(H,21,24)/t16-,17-/m1/s1. The molecule has 3 rings (SSSR count). The van der Waals surface area contributed by atoms with Crippen LogP contribution in [0.2, 0.25) is 0 Å². The molecule has 2 atom stereocenters. The van der Waals surface area contributed by atoms with Crippen LogP contribution in [0.3, 0.4) is 0 Å². The maximum Gasteiger partial charge on any atom is 0.258 e. The third-order valence-corrected chi connectivity index (χ3v) is 4.16. The molecule has 2 N–H and O–H groups in total. The molecule has 0 saturated carbocycles. The van der Waals surface area contributed by atoms with Crippen LogP contribution in [0.1, 0.15) is 35.8 Å². The van der Waals surface area contributed by atoms with Crippen LogP contribution in [0.4, 0.5) is 0 Å². The molecule has 5 nitrogen and oxygen atoms in total. The number of hydrogen-bond donors (Lipinski definition) is 2. The Morgan fingerprint density at radius 1 is 1.04 bits per heavy atom. The summed E-state index contributed by atoms with van der Waals surface area (Å²) in [6, 6.07) is 17.9. The summed E-state index contributed by atoms with van der Waals surface area (Å²) >= 11 is 0. The van der Waals surface area contributed by atoms with Gasteiger partial charge in [0.1, 0.15) is 6.04 Å². The number of benzene rings is 2. The van der Waals surface area contributed by atoms with E-state index in [2.05, 4.69) is 10.7 Å². The van der Waals surface area contributed by atoms with E-state index in [0.717, 1.165) is 5.56 Å². The molecule has 1 fully saturated rings. The lowest BCUT2D eigenvalue weighted by molar-refractivity contribution is -0.122. The molecule has 0 bridgehead atoms. The van der Waals surface area contributed by atoms with Crippen molar-refractivity contribution in [3.8, 4) is 0 Å². The summed E-state index contributed by atoms with van der Waals surface area (Å²) in [4.78, 5) is 25.0. The van der Waals surface area contributed by atoms with Crippen molar-refractivity contribution in [1.82, 2.24) is 15.8 Å². The fourth-order valence-corrected chi connectivity index (χ4v) is 2.98. The van der Waals surface area contributed by atoms with Gasteiger partial charge in [-0.05, 0) is 31.5 Å². The molecule has 0 aliphatic carbocycles. The average molecular weight is 323 g/mol. The number of rotatable bonds is 4. The molecule has 124 valence electrons. The number of nitrogens with one attached hydrogen (secondary N) is 2. The molecule has 0 radical (unpaired) electrons. The number of nitrogens with zero attached hydrogens (tertiary/aromatic N) is 1. The SMILES string of the molecule is CC(C)N1NC(=O)[C@H](NC(=O)c2ccccc2)[C@H]1c1ccccc1. The Balaban J connectivity index is 1.89. The smallest absolute Gasteiger partial charge is 0.258 e. The van der Waals surface area contributed by atoms with E-state index in [1.165, 1.54) is 0 Å². The number of hydrazine groups is 1. The van der Waals surface area contributed by atoms with Gasteiger partial charge in [-0.25, -0.2) is 5.01 Å². The summed E-state index contributed by atoms with van der Waals surface area (Å²) in [5.74, 6) is -0.441. The number of hydrogen-bond acceptors (Lipinski definition) is 3. The second kappa shape index (κ2) is 6.84. The number of carbonyl (C=O) groups is 2. The van der Waals surface area contributed by atoms with E-state index in [1.54, 1.807) is 24.3 Å². The monoisotopic (exact) mass is 323 g/mol. The highest BCUT2D eigenvalue weighted by atomic mass is 16.2. The molecule has 5 heteroatoms. The van der Waals surface area contributed by atoms with Crippen LogP contribution in [0.15, 0.2) is 60.7 Å². The Kier molecular flexibility index (Phi) is 4.62. The molecule has 1 aliphatic heterocycles. The van der Waals surface area contributed by atoms with Gasteiger partial charge in [-0.1, -0.05) is 48.5 Å². The second-order valence-electron chi connectivity index (χ2n) is 6.15. The molecule has 1 saturated heterocycles. The third-order valence-electron chi connectivity index (χ3n) is 4.16. The summed E-state index contributed by atoms with van der Waals surface area (Å²) < 4.78 is 0. The van der Waals surface area contributed by atoms with E-state index < -0.39 is 6.04 Å². The second-order valence-corrected chi connectivity index (χ2v) is 6.15. The Morgan fingerprint density at radius 2 is 1.62 bits per heavy atom. The van der Waals surface area contributed by atoms with Crippen molar-refractivity contribution in [3.05, 3.63) is 71.8 Å². The number of amides is 2. The molecule has 2 amide bonds. The van der Waals surface area contributed by atoms with Gasteiger partial charge in [0.25, 0.3) is 11.8 Å². The van der Waals surface area contributed by atoms with Gasteiger partial charge in [-0.15, -0.1) is 0 Å². The Bertz CT molecular complexity index is 716. The number of carbonyl (C=O) groups excluding carboxylic acids is 2. The van der Waals surface area contributed by atoms with Crippen LogP contribution < -0.4 is 10.7 Å². The first kappa shape index (κ1) is 16.2. The largest absolute Gasteiger partial charge is 0.338 e. The topological polar surface area (TPSA) is 61.4 Å². The van der Waals surface area contributed by atoms with Crippen molar-refractivity contribution in [3.63, 3.8) is 0 Å². The van der Waals surface area contributed by atoms with Crippen LogP contribution in [0.5, 0.6) is 0 Å². The van der Waals surface area contributed by atoms with Gasteiger partial charge >= 0.3 is 0 Å². The summed E-state index contributed by atoms with van der Waals surface area (Å²) in [5.41, 5.74) is 4.42. The van der Waals surface area contributed by atoms with Crippen LogP contribution in [0, 0.1) is 0 Å². The van der Waals surface area contributed by atoms with Gasteiger partial charge in [0.05, 0.1) is 6.04 Å². The molecule has 24 heavy (non-hydrogen) atoms. The minimum absolute atomic E-state index is 0.109. The maximum atomic E-state index is 12.5. The zero-order valence-corrected chi connectivity index (χ0v) is 13.8. The molecule has 0 spiro atoms. The lowest BCUT2D eigenvalue weighted by atomic mass is 9.98. The van der Waals surface area contributed by atoms with Crippen molar-refractivity contribution in [2.75, 3.05) is 0 Å². The average Bonchev–Trinajstić information content (AvgIpc) is 2.93. The van der Waals surface area contributed by atoms with Crippen LogP contribution in [0.25, 0.3) is 0 Å². The molecular weight excluding hydrogens is 302 g/mol. The van der Waals surface area contributed by atoms with Crippen molar-refractivity contribution >= 4 is 11.8 Å². The minimum atomic E-state index is -0.637. The Labute approximate surface area is 141 Å². The van der Waals surface area contributed by atoms with Gasteiger partial charge in [0.15, 0.2) is 0 Å². The third kappa shape index (κ3) is 3.16. The van der Waals surface area contributed by atoms with Crippen LogP contribution in [-0.2, 0) is 4.79 Å². The van der Waals surface area contributed by atoms with Crippen molar-refractivity contribution in [2.24, 2.45) is 0 Å². The van der Waals surface area contributed by atoms with Gasteiger partial charge in [0, 0.05) is 11.6 Å². The van der Waals surface area contributed by atoms with E-state index in [1.807, 2.05) is 55.3 Å². The highest BCUT2D eigenvalue weighted by molar-refractivity contribution is 5.98. The Hall–Kier alpha value is -2.66. The van der Waals surface area contributed by atoms with E-state index in [0.29, 0.717) is 5.56 Å². The van der Waals surface area contributed by atoms with Gasteiger partial charge in [0.2, 0.25) is 0 Å². The summed E-state index contributed by atoms with van der Waals surface area (Å²) in [5, 5.41) is 4.78. The molecule has 1 heterocycles. The normalized spacial score (nSPS) is 20.9. The summed E-state index contributed by atoms with van der Waals surface area (Å²) in [6.07, 6.45) is 0. The van der Waals surface area contributed by atoms with Crippen molar-refractivity contribution in [1.29, 1.82) is 0 Å². The zero-order chi connectivity index (χ0) is 17.1. The maximum absolute atomic E-state index is 12.5. The highest BCUT2D eigenvalue weighted by Gasteiger charge is 2.43. The fraction of sp³-hybridized carbons (Fsp3) is 0.263. The summed E-state index contributed by atoms with van der Waals surface area (Å²) in [7, 11) is 0. The molecular formula is C19H21N3O2. The van der Waals surface area contributed by atoms with Crippen LogP contribution >= 0.6 is 0 Å². The lowest BCUT2D eigenvalue weighted by Crippen LogP contribution is -2.43. The molecule has 2 aromatic rings. The first-order valence-corrected chi connectivity index (χ1v) is 8.07. The quantitative estimate of drug-likeness (QED) is 0.907. The van der Waals surface area contributed by atoms with E-state index >= 15 is 0 Å². The lowest BCUT2D eigenvalue weighted by Gasteiger charge is -2.29. The minimum Gasteiger partial charge on any atom is -0.338 e. The van der Waals surface area contributed by atoms with E-state index in [9.17, 15) is 9.59 Å². The van der Waals surface area contributed by atoms with Crippen LogP contribution in [-0.4, -0.2) is 28.9 Å². The first-order valence-electron chi connectivity index (χ1n) is 8.07. The van der Waals surface area contributed by atoms with Gasteiger partial charge < -0.3 is 5.32 Å². The molecule has 2 aromatic carbocycles. The molecule has 0 aromatic heterocycles. The summed E-state index contributed by atoms with van der Waals surface area (Å²) in [6.45, 7) is 4.02. The van der Waals surface area contributed by atoms with Gasteiger partial charge in [-0.3, -0.25) is 15.0 Å². The van der Waals surface area contributed by atoms with E-state index in [4.69, 9.17) is 0 Å². The molecule has 1 aliphatic rings. The van der Waals surface area contributed by atoms with Crippen molar-refractivity contribution in [2.45, 2.75) is 32.0 Å². The highest BCUT2D eigenvalue weighted by Crippen LogP contribution is 2.29. The van der Waals surface area contributed by atoms with Crippen molar-refractivity contribution < 1.29 is 9.59 Å². The first-order chi connectivity index (χ1) is 11.6. The Morgan fingerprint density at radius 3 is 2.21 bits per heavy atom. The predicted octanol–water partition coefficient (Wildman–Crippen LogP) is 2.28. The zero-order valence-electron chi connectivity index (χ0n) is 13.8. The van der Waals surface area contributed by atoms with Gasteiger partial charge in [-0.2, -0.15) is 0 Å². The fourth-order valence-electron chi connectivity index (χ4n) is 2.98. The van der Waals surface area contributed by atoms with E-state index in [-0.39, 0.29) is 23.9 Å².